The predicted molar refractivity (Wildman–Crippen MR) is 79.3 cm³/mol. The molecule has 1 atom stereocenters. The van der Waals surface area contributed by atoms with Crippen LogP contribution in [0.3, 0.4) is 0 Å². The van der Waals surface area contributed by atoms with Gasteiger partial charge in [0.2, 0.25) is 0 Å². The maximum absolute atomic E-state index is 12.2. The molecule has 1 aliphatic carbocycles. The summed E-state index contributed by atoms with van der Waals surface area (Å²) in [4.78, 5) is 14.7. The van der Waals surface area contributed by atoms with E-state index in [0.717, 1.165) is 17.7 Å². The summed E-state index contributed by atoms with van der Waals surface area (Å²) in [5.41, 5.74) is 6.44. The van der Waals surface area contributed by atoms with Crippen LogP contribution in [0.15, 0.2) is 6.07 Å². The molecule has 0 saturated carbocycles. The minimum absolute atomic E-state index is 0.0634. The number of carbonyl (C=O) groups is 1. The van der Waals surface area contributed by atoms with Crippen LogP contribution < -0.4 is 11.1 Å². The fourth-order valence-electron chi connectivity index (χ4n) is 2.08. The molecule has 0 aliphatic heterocycles. The molecule has 1 aliphatic rings. The molecule has 0 aromatic carbocycles. The Hall–Kier alpha value is -0.940. The Morgan fingerprint density at radius 1 is 1.61 bits per heavy atom. The Bertz CT molecular complexity index is 474. The normalized spacial score (nSPS) is 17.0. The summed E-state index contributed by atoms with van der Waals surface area (Å²) in [6, 6.07) is 2.01. The Kier molecular flexibility index (Phi) is 3.73. The van der Waals surface area contributed by atoms with Crippen LogP contribution >= 0.6 is 23.6 Å². The number of carbonyl (C=O) groups excluding carboxylic acids is 1. The number of hydrogen-bond acceptors (Lipinski definition) is 3. The lowest BCUT2D eigenvalue weighted by molar-refractivity contribution is 0.0930. The summed E-state index contributed by atoms with van der Waals surface area (Å²) in [5, 5.41) is 2.95. The molecule has 1 unspecified atom stereocenters. The van der Waals surface area contributed by atoms with Gasteiger partial charge in [0, 0.05) is 4.88 Å². The number of aryl methyl sites for hydroxylation is 2. The van der Waals surface area contributed by atoms with Crippen molar-refractivity contribution in [3.05, 3.63) is 21.4 Å². The second-order valence-corrected chi connectivity index (χ2v) is 6.49. The van der Waals surface area contributed by atoms with E-state index in [1.165, 1.54) is 16.9 Å². The highest BCUT2D eigenvalue weighted by atomic mass is 32.1. The Balaban J connectivity index is 2.14. The summed E-state index contributed by atoms with van der Waals surface area (Å²) >= 11 is 6.63. The number of amides is 1. The van der Waals surface area contributed by atoms with Gasteiger partial charge in [0.25, 0.3) is 5.91 Å². The van der Waals surface area contributed by atoms with Crippen LogP contribution in [0.1, 0.15) is 46.8 Å². The quantitative estimate of drug-likeness (QED) is 0.834. The molecule has 1 amide bonds. The number of thiocarbonyl (C=S) groups is 1. The van der Waals surface area contributed by atoms with Gasteiger partial charge in [-0.05, 0) is 44.2 Å². The van der Waals surface area contributed by atoms with E-state index < -0.39 is 5.54 Å². The maximum atomic E-state index is 12.2. The summed E-state index contributed by atoms with van der Waals surface area (Å²) < 4.78 is 0. The van der Waals surface area contributed by atoms with Crippen molar-refractivity contribution in [2.45, 2.75) is 45.1 Å². The van der Waals surface area contributed by atoms with Crippen LogP contribution in [0.2, 0.25) is 0 Å². The Morgan fingerprint density at radius 2 is 2.33 bits per heavy atom. The number of fused-ring (bicyclic) bond motifs is 1. The Labute approximate surface area is 117 Å². The zero-order valence-corrected chi connectivity index (χ0v) is 12.3. The first-order valence-electron chi connectivity index (χ1n) is 6.20. The molecule has 0 fully saturated rings. The molecular weight excluding hydrogens is 264 g/mol. The largest absolute Gasteiger partial charge is 0.391 e. The van der Waals surface area contributed by atoms with E-state index in [9.17, 15) is 4.79 Å². The second-order valence-electron chi connectivity index (χ2n) is 4.92. The van der Waals surface area contributed by atoms with E-state index in [0.29, 0.717) is 11.4 Å². The molecule has 0 spiro atoms. The van der Waals surface area contributed by atoms with Gasteiger partial charge in [0.15, 0.2) is 0 Å². The van der Waals surface area contributed by atoms with E-state index in [4.69, 9.17) is 18.0 Å². The van der Waals surface area contributed by atoms with Gasteiger partial charge in [-0.1, -0.05) is 19.1 Å². The van der Waals surface area contributed by atoms with E-state index in [2.05, 4.69) is 5.32 Å². The SMILES string of the molecule is CCC(C)(NC(=O)c1cc2c(s1)CCC2)C(N)=S. The zero-order valence-electron chi connectivity index (χ0n) is 10.7. The van der Waals surface area contributed by atoms with Gasteiger partial charge >= 0.3 is 0 Å². The van der Waals surface area contributed by atoms with E-state index in [-0.39, 0.29) is 5.91 Å². The minimum Gasteiger partial charge on any atom is -0.391 e. The van der Waals surface area contributed by atoms with Crippen molar-refractivity contribution in [2.24, 2.45) is 5.73 Å². The molecule has 3 N–H and O–H groups in total. The van der Waals surface area contributed by atoms with Crippen molar-refractivity contribution in [1.82, 2.24) is 5.32 Å². The summed E-state index contributed by atoms with van der Waals surface area (Å²) in [6.07, 6.45) is 4.11. The minimum atomic E-state index is -0.596. The molecular formula is C13H18N2OS2. The van der Waals surface area contributed by atoms with E-state index in [1.54, 1.807) is 11.3 Å². The summed E-state index contributed by atoms with van der Waals surface area (Å²) in [7, 11) is 0. The third-order valence-electron chi connectivity index (χ3n) is 3.61. The average Bonchev–Trinajstić information content (AvgIpc) is 2.88. The van der Waals surface area contributed by atoms with Crippen molar-refractivity contribution >= 4 is 34.5 Å². The fourth-order valence-corrected chi connectivity index (χ4v) is 3.42. The van der Waals surface area contributed by atoms with Crippen molar-refractivity contribution < 1.29 is 4.79 Å². The number of thiophene rings is 1. The first kappa shape index (κ1) is 13.5. The molecule has 1 aromatic heterocycles. The highest BCUT2D eigenvalue weighted by Crippen LogP contribution is 2.30. The van der Waals surface area contributed by atoms with Crippen LogP contribution in [0.5, 0.6) is 0 Å². The second kappa shape index (κ2) is 4.97. The van der Waals surface area contributed by atoms with Crippen molar-refractivity contribution in [2.75, 3.05) is 0 Å². The predicted octanol–water partition coefficient (Wildman–Crippen LogP) is 2.42. The van der Waals surface area contributed by atoms with Gasteiger partial charge in [-0.25, -0.2) is 0 Å². The van der Waals surface area contributed by atoms with Gasteiger partial charge in [-0.15, -0.1) is 11.3 Å². The molecule has 0 radical (unpaired) electrons. The molecule has 2 rings (SSSR count). The monoisotopic (exact) mass is 282 g/mol. The smallest absolute Gasteiger partial charge is 0.262 e. The van der Waals surface area contributed by atoms with Crippen LogP contribution in [-0.4, -0.2) is 16.4 Å². The van der Waals surface area contributed by atoms with Crippen LogP contribution in [0.4, 0.5) is 0 Å². The molecule has 18 heavy (non-hydrogen) atoms. The standard InChI is InChI=1S/C13H18N2OS2/c1-3-13(2,12(14)17)15-11(16)10-7-8-5-4-6-9(8)18-10/h7H,3-6H2,1-2H3,(H2,14,17)(H,15,16). The third-order valence-corrected chi connectivity index (χ3v) is 5.30. The molecule has 0 bridgehead atoms. The molecule has 98 valence electrons. The van der Waals surface area contributed by atoms with Crippen LogP contribution in [0, 0.1) is 0 Å². The molecule has 1 aromatic rings. The molecule has 1 heterocycles. The topological polar surface area (TPSA) is 55.1 Å². The highest BCUT2D eigenvalue weighted by Gasteiger charge is 2.29. The average molecular weight is 282 g/mol. The van der Waals surface area contributed by atoms with E-state index in [1.807, 2.05) is 19.9 Å². The molecule has 0 saturated heterocycles. The Morgan fingerprint density at radius 3 is 2.89 bits per heavy atom. The maximum Gasteiger partial charge on any atom is 0.262 e. The highest BCUT2D eigenvalue weighted by molar-refractivity contribution is 7.80. The zero-order chi connectivity index (χ0) is 13.3. The summed E-state index contributed by atoms with van der Waals surface area (Å²) in [5.74, 6) is -0.0634. The summed E-state index contributed by atoms with van der Waals surface area (Å²) in [6.45, 7) is 3.84. The number of nitrogens with one attached hydrogen (secondary N) is 1. The van der Waals surface area contributed by atoms with Crippen molar-refractivity contribution in [3.63, 3.8) is 0 Å². The van der Waals surface area contributed by atoms with E-state index >= 15 is 0 Å². The van der Waals surface area contributed by atoms with Crippen molar-refractivity contribution in [1.29, 1.82) is 0 Å². The lowest BCUT2D eigenvalue weighted by atomic mass is 9.99. The lowest BCUT2D eigenvalue weighted by Gasteiger charge is -2.28. The molecule has 3 nitrogen and oxygen atoms in total. The van der Waals surface area contributed by atoms with Gasteiger partial charge in [-0.2, -0.15) is 0 Å². The van der Waals surface area contributed by atoms with Gasteiger partial charge in [0.05, 0.1) is 15.4 Å². The van der Waals surface area contributed by atoms with Gasteiger partial charge in [0.1, 0.15) is 0 Å². The first-order valence-corrected chi connectivity index (χ1v) is 7.43. The number of nitrogens with two attached hydrogens (primary N) is 1. The lowest BCUT2D eigenvalue weighted by Crippen LogP contribution is -2.53. The number of rotatable bonds is 4. The van der Waals surface area contributed by atoms with Crippen LogP contribution in [0.25, 0.3) is 0 Å². The number of hydrogen-bond donors (Lipinski definition) is 2. The van der Waals surface area contributed by atoms with Crippen molar-refractivity contribution in [3.8, 4) is 0 Å². The third kappa shape index (κ3) is 2.42. The first-order chi connectivity index (χ1) is 8.46. The molecule has 5 heteroatoms. The fraction of sp³-hybridized carbons (Fsp3) is 0.538. The van der Waals surface area contributed by atoms with Gasteiger partial charge in [-0.3, -0.25) is 4.79 Å². The van der Waals surface area contributed by atoms with Crippen LogP contribution in [-0.2, 0) is 12.8 Å². The van der Waals surface area contributed by atoms with Gasteiger partial charge < -0.3 is 11.1 Å².